The minimum Gasteiger partial charge on any atom is -0.457 e. The van der Waals surface area contributed by atoms with Gasteiger partial charge in [-0.15, -0.1) is 0 Å². The van der Waals surface area contributed by atoms with Gasteiger partial charge in [0.15, 0.2) is 0 Å². The van der Waals surface area contributed by atoms with E-state index < -0.39 is 0 Å². The Bertz CT molecular complexity index is 825. The quantitative estimate of drug-likeness (QED) is 0.553. The molecule has 0 aliphatic heterocycles. The normalized spacial score (nSPS) is 12.1. The molecule has 0 spiro atoms. The molecular weight excluding hydrogens is 334 g/mol. The first-order valence-corrected chi connectivity index (χ1v) is 9.77. The van der Waals surface area contributed by atoms with Crippen molar-refractivity contribution >= 4 is 0 Å². The lowest BCUT2D eigenvalue weighted by atomic mass is 10.0. The van der Waals surface area contributed by atoms with Crippen molar-refractivity contribution in [2.75, 3.05) is 0 Å². The predicted octanol–water partition coefficient (Wildman–Crippen LogP) is 5.41. The van der Waals surface area contributed by atoms with Gasteiger partial charge in [0, 0.05) is 31.4 Å². The van der Waals surface area contributed by atoms with Gasteiger partial charge in [-0.3, -0.25) is 4.68 Å². The molecule has 0 saturated heterocycles. The summed E-state index contributed by atoms with van der Waals surface area (Å²) in [5, 5.41) is 8.25. The van der Waals surface area contributed by atoms with Crippen LogP contribution in [0.25, 0.3) is 0 Å². The van der Waals surface area contributed by atoms with Crippen molar-refractivity contribution in [2.45, 2.75) is 45.7 Å². The second-order valence-corrected chi connectivity index (χ2v) is 6.83. The Morgan fingerprint density at radius 3 is 2.37 bits per heavy atom. The smallest absolute Gasteiger partial charge is 0.127 e. The lowest BCUT2D eigenvalue weighted by Crippen LogP contribution is -2.21. The predicted molar refractivity (Wildman–Crippen MR) is 110 cm³/mol. The van der Waals surface area contributed by atoms with E-state index in [1.807, 2.05) is 54.2 Å². The molecule has 1 atom stereocenters. The molecule has 0 fully saturated rings. The molecule has 4 heteroatoms. The van der Waals surface area contributed by atoms with Crippen LogP contribution in [0.1, 0.15) is 49.6 Å². The Morgan fingerprint density at radius 2 is 1.70 bits per heavy atom. The van der Waals surface area contributed by atoms with E-state index in [1.54, 1.807) is 0 Å². The highest BCUT2D eigenvalue weighted by Gasteiger charge is 2.13. The average Bonchev–Trinajstić information content (AvgIpc) is 3.06. The van der Waals surface area contributed by atoms with Crippen molar-refractivity contribution in [3.8, 4) is 11.5 Å². The number of nitrogens with one attached hydrogen (secondary N) is 1. The van der Waals surface area contributed by atoms with Crippen LogP contribution in [0.15, 0.2) is 60.8 Å². The van der Waals surface area contributed by atoms with Gasteiger partial charge in [-0.1, -0.05) is 50.6 Å². The summed E-state index contributed by atoms with van der Waals surface area (Å²) >= 11 is 0. The summed E-state index contributed by atoms with van der Waals surface area (Å²) in [6.45, 7) is 5.22. The highest BCUT2D eigenvalue weighted by atomic mass is 16.5. The van der Waals surface area contributed by atoms with Gasteiger partial charge in [0.1, 0.15) is 11.5 Å². The molecule has 27 heavy (non-hydrogen) atoms. The molecule has 0 radical (unpaired) electrons. The van der Waals surface area contributed by atoms with Crippen LogP contribution in [0.3, 0.4) is 0 Å². The first-order chi connectivity index (χ1) is 13.2. The molecule has 0 aliphatic rings. The third kappa shape index (κ3) is 5.20. The summed E-state index contributed by atoms with van der Waals surface area (Å²) in [4.78, 5) is 0. The van der Waals surface area contributed by atoms with Gasteiger partial charge in [-0.2, -0.15) is 5.10 Å². The van der Waals surface area contributed by atoms with Gasteiger partial charge in [0.05, 0.1) is 5.69 Å². The SMILES string of the molecule is CCCC(NCc1cn(C)nc1CC)c1ccc(Oc2ccccc2)cc1. The fourth-order valence-corrected chi connectivity index (χ4v) is 3.33. The van der Waals surface area contributed by atoms with E-state index in [0.29, 0.717) is 6.04 Å². The zero-order valence-electron chi connectivity index (χ0n) is 16.5. The topological polar surface area (TPSA) is 39.1 Å². The van der Waals surface area contributed by atoms with Crippen molar-refractivity contribution in [1.82, 2.24) is 15.1 Å². The second-order valence-electron chi connectivity index (χ2n) is 6.83. The van der Waals surface area contributed by atoms with E-state index >= 15 is 0 Å². The van der Waals surface area contributed by atoms with E-state index in [2.05, 4.69) is 42.6 Å². The summed E-state index contributed by atoms with van der Waals surface area (Å²) in [5.41, 5.74) is 3.75. The van der Waals surface area contributed by atoms with E-state index in [0.717, 1.165) is 37.3 Å². The summed E-state index contributed by atoms with van der Waals surface area (Å²) in [7, 11) is 1.98. The molecule has 0 amide bonds. The Kier molecular flexibility index (Phi) is 6.66. The second kappa shape index (κ2) is 9.38. The minimum atomic E-state index is 0.325. The molecule has 0 saturated carbocycles. The molecule has 0 aliphatic carbocycles. The van der Waals surface area contributed by atoms with Gasteiger partial charge in [0.2, 0.25) is 0 Å². The number of nitrogens with zero attached hydrogens (tertiary/aromatic N) is 2. The number of hydrogen-bond acceptors (Lipinski definition) is 3. The van der Waals surface area contributed by atoms with Gasteiger partial charge in [0.25, 0.3) is 0 Å². The van der Waals surface area contributed by atoms with Crippen LogP contribution in [-0.4, -0.2) is 9.78 Å². The number of aryl methyl sites for hydroxylation is 2. The van der Waals surface area contributed by atoms with Gasteiger partial charge in [-0.05, 0) is 42.7 Å². The molecule has 1 unspecified atom stereocenters. The Morgan fingerprint density at radius 1 is 1.00 bits per heavy atom. The maximum atomic E-state index is 5.90. The summed E-state index contributed by atoms with van der Waals surface area (Å²) in [5.74, 6) is 1.72. The van der Waals surface area contributed by atoms with Crippen molar-refractivity contribution < 1.29 is 4.74 Å². The molecule has 2 aromatic carbocycles. The molecule has 1 aromatic heterocycles. The number of ether oxygens (including phenoxy) is 1. The molecule has 3 rings (SSSR count). The minimum absolute atomic E-state index is 0.325. The van der Waals surface area contributed by atoms with E-state index in [9.17, 15) is 0 Å². The standard InChI is InChI=1S/C23H29N3O/c1-4-9-23(24-16-19-17-26(3)25-22(19)5-2)18-12-14-21(15-13-18)27-20-10-7-6-8-11-20/h6-8,10-15,17,23-24H,4-5,9,16H2,1-3H3. The number of aromatic nitrogens is 2. The number of benzene rings is 2. The Labute approximate surface area is 162 Å². The van der Waals surface area contributed by atoms with Gasteiger partial charge < -0.3 is 10.1 Å². The molecule has 1 heterocycles. The molecule has 1 N–H and O–H groups in total. The largest absolute Gasteiger partial charge is 0.457 e. The summed E-state index contributed by atoms with van der Waals surface area (Å²) in [6.07, 6.45) is 5.31. The zero-order chi connectivity index (χ0) is 19.1. The molecule has 142 valence electrons. The van der Waals surface area contributed by atoms with Crippen LogP contribution in [0.2, 0.25) is 0 Å². The van der Waals surface area contributed by atoms with Crippen LogP contribution in [0.5, 0.6) is 11.5 Å². The summed E-state index contributed by atoms with van der Waals surface area (Å²) in [6, 6.07) is 18.6. The number of rotatable bonds is 9. The lowest BCUT2D eigenvalue weighted by molar-refractivity contribution is 0.477. The van der Waals surface area contributed by atoms with Crippen LogP contribution >= 0.6 is 0 Å². The summed E-state index contributed by atoms with van der Waals surface area (Å²) < 4.78 is 7.81. The van der Waals surface area contributed by atoms with Crippen LogP contribution in [0, 0.1) is 0 Å². The molecule has 0 bridgehead atoms. The Hall–Kier alpha value is -2.59. The maximum absolute atomic E-state index is 5.90. The van der Waals surface area contributed by atoms with E-state index in [1.165, 1.54) is 16.8 Å². The van der Waals surface area contributed by atoms with Gasteiger partial charge in [-0.25, -0.2) is 0 Å². The molecule has 4 nitrogen and oxygen atoms in total. The number of para-hydroxylation sites is 1. The Balaban J connectivity index is 1.67. The van der Waals surface area contributed by atoms with Crippen molar-refractivity contribution in [3.05, 3.63) is 77.6 Å². The monoisotopic (exact) mass is 363 g/mol. The fraction of sp³-hybridized carbons (Fsp3) is 0.348. The highest BCUT2D eigenvalue weighted by molar-refractivity contribution is 5.34. The highest BCUT2D eigenvalue weighted by Crippen LogP contribution is 2.25. The van der Waals surface area contributed by atoms with E-state index in [4.69, 9.17) is 4.74 Å². The van der Waals surface area contributed by atoms with Crippen molar-refractivity contribution in [3.63, 3.8) is 0 Å². The van der Waals surface area contributed by atoms with Crippen molar-refractivity contribution in [1.29, 1.82) is 0 Å². The number of hydrogen-bond donors (Lipinski definition) is 1. The fourth-order valence-electron chi connectivity index (χ4n) is 3.33. The van der Waals surface area contributed by atoms with Crippen LogP contribution in [0.4, 0.5) is 0 Å². The van der Waals surface area contributed by atoms with Crippen LogP contribution < -0.4 is 10.1 Å². The van der Waals surface area contributed by atoms with Gasteiger partial charge >= 0.3 is 0 Å². The molecular formula is C23H29N3O. The first-order valence-electron chi connectivity index (χ1n) is 9.77. The third-order valence-corrected chi connectivity index (χ3v) is 4.70. The average molecular weight is 364 g/mol. The van der Waals surface area contributed by atoms with E-state index in [-0.39, 0.29) is 0 Å². The first kappa shape index (κ1) is 19.2. The van der Waals surface area contributed by atoms with Crippen LogP contribution in [-0.2, 0) is 20.0 Å². The zero-order valence-corrected chi connectivity index (χ0v) is 16.5. The molecule has 3 aromatic rings. The maximum Gasteiger partial charge on any atom is 0.127 e. The lowest BCUT2D eigenvalue weighted by Gasteiger charge is -2.19. The third-order valence-electron chi connectivity index (χ3n) is 4.70. The van der Waals surface area contributed by atoms with Crippen molar-refractivity contribution in [2.24, 2.45) is 7.05 Å².